The summed E-state index contributed by atoms with van der Waals surface area (Å²) < 4.78 is 15.0. The molecular weight excluding hydrogens is 267 g/mol. The van der Waals surface area contributed by atoms with Gasteiger partial charge in [-0.1, -0.05) is 24.6 Å². The summed E-state index contributed by atoms with van der Waals surface area (Å²) in [7, 11) is 0. The highest BCUT2D eigenvalue weighted by molar-refractivity contribution is 6.30. The van der Waals surface area contributed by atoms with E-state index in [1.807, 2.05) is 4.57 Å². The van der Waals surface area contributed by atoms with Crippen LogP contribution in [0.15, 0.2) is 30.7 Å². The standard InChI is InChI=1S/C14H16ClFN2O/c1-2-5-18-9-17-8-13(18)14(19)7-10-3-4-12(16)11(15)6-10/h3-4,6,8-9,14,19H,2,5,7H2,1H3. The summed E-state index contributed by atoms with van der Waals surface area (Å²) in [6.07, 6.45) is 4.05. The minimum atomic E-state index is -0.671. The zero-order chi connectivity index (χ0) is 13.8. The topological polar surface area (TPSA) is 38.0 Å². The minimum absolute atomic E-state index is 0.0757. The van der Waals surface area contributed by atoms with Crippen LogP contribution in [0.4, 0.5) is 4.39 Å². The van der Waals surface area contributed by atoms with Crippen molar-refractivity contribution < 1.29 is 9.50 Å². The number of aliphatic hydroxyl groups is 1. The molecule has 1 aromatic carbocycles. The number of aliphatic hydroxyl groups excluding tert-OH is 1. The second kappa shape index (κ2) is 6.17. The molecule has 2 rings (SSSR count). The molecule has 1 unspecified atom stereocenters. The molecule has 1 atom stereocenters. The molecule has 0 aliphatic heterocycles. The highest BCUT2D eigenvalue weighted by Gasteiger charge is 2.14. The van der Waals surface area contributed by atoms with Gasteiger partial charge in [0.25, 0.3) is 0 Å². The van der Waals surface area contributed by atoms with Gasteiger partial charge in [-0.3, -0.25) is 0 Å². The third-order valence-electron chi connectivity index (χ3n) is 2.96. The van der Waals surface area contributed by atoms with Crippen LogP contribution in [0.1, 0.15) is 30.7 Å². The zero-order valence-electron chi connectivity index (χ0n) is 10.7. The van der Waals surface area contributed by atoms with Gasteiger partial charge in [-0.15, -0.1) is 0 Å². The van der Waals surface area contributed by atoms with E-state index in [2.05, 4.69) is 11.9 Å². The first-order chi connectivity index (χ1) is 9.11. The van der Waals surface area contributed by atoms with Gasteiger partial charge in [0.15, 0.2) is 0 Å². The molecular formula is C14H16ClFN2O. The van der Waals surface area contributed by atoms with Crippen molar-refractivity contribution >= 4 is 11.6 Å². The molecule has 2 aromatic rings. The monoisotopic (exact) mass is 282 g/mol. The third-order valence-corrected chi connectivity index (χ3v) is 3.25. The maximum atomic E-state index is 13.1. The fraction of sp³-hybridized carbons (Fsp3) is 0.357. The zero-order valence-corrected chi connectivity index (χ0v) is 11.4. The molecule has 0 saturated carbocycles. The number of hydrogen-bond acceptors (Lipinski definition) is 2. The Bertz CT molecular complexity index is 556. The van der Waals surface area contributed by atoms with E-state index in [1.54, 1.807) is 24.7 Å². The second-order valence-electron chi connectivity index (χ2n) is 4.48. The molecule has 19 heavy (non-hydrogen) atoms. The maximum absolute atomic E-state index is 13.1. The van der Waals surface area contributed by atoms with Crippen molar-refractivity contribution in [3.63, 3.8) is 0 Å². The van der Waals surface area contributed by atoms with Crippen LogP contribution >= 0.6 is 11.6 Å². The van der Waals surface area contributed by atoms with Crippen LogP contribution in [0.2, 0.25) is 5.02 Å². The Balaban J connectivity index is 2.13. The average molecular weight is 283 g/mol. The highest BCUT2D eigenvalue weighted by Crippen LogP contribution is 2.22. The number of imidazole rings is 1. The number of rotatable bonds is 5. The fourth-order valence-electron chi connectivity index (χ4n) is 2.03. The normalized spacial score (nSPS) is 12.6. The van der Waals surface area contributed by atoms with Gasteiger partial charge in [0.1, 0.15) is 5.82 Å². The van der Waals surface area contributed by atoms with Crippen molar-refractivity contribution in [2.45, 2.75) is 32.4 Å². The Labute approximate surface area is 116 Å². The van der Waals surface area contributed by atoms with Gasteiger partial charge in [-0.05, 0) is 24.1 Å². The van der Waals surface area contributed by atoms with Gasteiger partial charge in [0.2, 0.25) is 0 Å². The second-order valence-corrected chi connectivity index (χ2v) is 4.89. The van der Waals surface area contributed by atoms with Crippen molar-refractivity contribution in [2.75, 3.05) is 0 Å². The molecule has 102 valence electrons. The summed E-state index contributed by atoms with van der Waals surface area (Å²) in [5, 5.41) is 10.3. The molecule has 5 heteroatoms. The van der Waals surface area contributed by atoms with E-state index >= 15 is 0 Å². The molecule has 0 saturated heterocycles. The number of halogens is 2. The molecule has 1 heterocycles. The Morgan fingerprint density at radius 3 is 2.95 bits per heavy atom. The summed E-state index contributed by atoms with van der Waals surface area (Å²) in [5.41, 5.74) is 1.56. The van der Waals surface area contributed by atoms with Gasteiger partial charge in [-0.2, -0.15) is 0 Å². The average Bonchev–Trinajstić information content (AvgIpc) is 2.83. The molecule has 0 radical (unpaired) electrons. The maximum Gasteiger partial charge on any atom is 0.141 e. The van der Waals surface area contributed by atoms with Crippen LogP contribution in [-0.4, -0.2) is 14.7 Å². The van der Waals surface area contributed by atoms with Crippen molar-refractivity contribution in [3.8, 4) is 0 Å². The van der Waals surface area contributed by atoms with Crippen LogP contribution in [-0.2, 0) is 13.0 Å². The summed E-state index contributed by atoms with van der Waals surface area (Å²) in [6, 6.07) is 4.49. The SMILES string of the molecule is CCCn1cncc1C(O)Cc1ccc(F)c(Cl)c1. The first-order valence-electron chi connectivity index (χ1n) is 6.23. The van der Waals surface area contributed by atoms with Gasteiger partial charge in [0, 0.05) is 13.0 Å². The van der Waals surface area contributed by atoms with Crippen LogP contribution in [0.3, 0.4) is 0 Å². The van der Waals surface area contributed by atoms with Gasteiger partial charge in [0.05, 0.1) is 29.3 Å². The molecule has 0 aliphatic carbocycles. The van der Waals surface area contributed by atoms with E-state index < -0.39 is 11.9 Å². The lowest BCUT2D eigenvalue weighted by Gasteiger charge is -2.13. The molecule has 1 N–H and O–H groups in total. The van der Waals surface area contributed by atoms with Crippen LogP contribution in [0.25, 0.3) is 0 Å². The first kappa shape index (κ1) is 14.0. The molecule has 3 nitrogen and oxygen atoms in total. The highest BCUT2D eigenvalue weighted by atomic mass is 35.5. The van der Waals surface area contributed by atoms with Crippen LogP contribution in [0, 0.1) is 5.82 Å². The number of aryl methyl sites for hydroxylation is 1. The Morgan fingerprint density at radius 2 is 2.26 bits per heavy atom. The van der Waals surface area contributed by atoms with Crippen LogP contribution in [0.5, 0.6) is 0 Å². The number of aromatic nitrogens is 2. The molecule has 0 fully saturated rings. The summed E-state index contributed by atoms with van der Waals surface area (Å²) in [6.45, 7) is 2.88. The summed E-state index contributed by atoms with van der Waals surface area (Å²) in [5.74, 6) is -0.448. The van der Waals surface area contributed by atoms with E-state index in [4.69, 9.17) is 11.6 Å². The minimum Gasteiger partial charge on any atom is -0.386 e. The predicted octanol–water partition coefficient (Wildman–Crippen LogP) is 3.36. The predicted molar refractivity (Wildman–Crippen MR) is 72.6 cm³/mol. The third kappa shape index (κ3) is 3.33. The van der Waals surface area contributed by atoms with Crippen molar-refractivity contribution in [1.82, 2.24) is 9.55 Å². The van der Waals surface area contributed by atoms with Crippen molar-refractivity contribution in [3.05, 3.63) is 52.8 Å². The van der Waals surface area contributed by atoms with E-state index in [0.29, 0.717) is 6.42 Å². The lowest BCUT2D eigenvalue weighted by Crippen LogP contribution is -2.09. The lowest BCUT2D eigenvalue weighted by molar-refractivity contribution is 0.168. The fourth-order valence-corrected chi connectivity index (χ4v) is 2.23. The Morgan fingerprint density at radius 1 is 1.47 bits per heavy atom. The lowest BCUT2D eigenvalue weighted by atomic mass is 10.1. The Kier molecular flexibility index (Phi) is 4.56. The smallest absolute Gasteiger partial charge is 0.141 e. The van der Waals surface area contributed by atoms with Crippen molar-refractivity contribution in [1.29, 1.82) is 0 Å². The van der Waals surface area contributed by atoms with Gasteiger partial charge >= 0.3 is 0 Å². The largest absolute Gasteiger partial charge is 0.386 e. The molecule has 1 aromatic heterocycles. The molecule has 0 spiro atoms. The van der Waals surface area contributed by atoms with Crippen molar-refractivity contribution in [2.24, 2.45) is 0 Å². The van der Waals surface area contributed by atoms with E-state index in [1.165, 1.54) is 6.07 Å². The van der Waals surface area contributed by atoms with E-state index in [-0.39, 0.29) is 5.02 Å². The quantitative estimate of drug-likeness (QED) is 0.913. The molecule has 0 aliphatic rings. The van der Waals surface area contributed by atoms with E-state index in [9.17, 15) is 9.50 Å². The molecule has 0 amide bonds. The van der Waals surface area contributed by atoms with Gasteiger partial charge < -0.3 is 9.67 Å². The molecule has 0 bridgehead atoms. The van der Waals surface area contributed by atoms with Gasteiger partial charge in [-0.25, -0.2) is 9.37 Å². The summed E-state index contributed by atoms with van der Waals surface area (Å²) >= 11 is 5.73. The number of benzene rings is 1. The van der Waals surface area contributed by atoms with Crippen LogP contribution < -0.4 is 0 Å². The van der Waals surface area contributed by atoms with E-state index in [0.717, 1.165) is 24.2 Å². The first-order valence-corrected chi connectivity index (χ1v) is 6.61. The Hall–Kier alpha value is -1.39. The number of hydrogen-bond donors (Lipinski definition) is 1. The summed E-state index contributed by atoms with van der Waals surface area (Å²) in [4.78, 5) is 4.05. The number of nitrogens with zero attached hydrogens (tertiary/aromatic N) is 2.